The molecule has 0 aliphatic heterocycles. The van der Waals surface area contributed by atoms with Crippen molar-refractivity contribution >= 4 is 23.0 Å². The van der Waals surface area contributed by atoms with Crippen LogP contribution < -0.4 is 9.47 Å². The van der Waals surface area contributed by atoms with Crippen LogP contribution in [0.2, 0.25) is 0 Å². The van der Waals surface area contributed by atoms with Gasteiger partial charge in [-0.3, -0.25) is 4.98 Å². The van der Waals surface area contributed by atoms with E-state index in [9.17, 15) is 5.26 Å². The molecule has 0 aliphatic rings. The second kappa shape index (κ2) is 7.60. The molecule has 0 bridgehead atoms. The molecule has 0 unspecified atom stereocenters. The maximum atomic E-state index is 9.46. The van der Waals surface area contributed by atoms with Gasteiger partial charge in [-0.25, -0.2) is 4.98 Å². The molecule has 0 N–H and O–H groups in total. The number of benzene rings is 1. The second-order valence-corrected chi connectivity index (χ2v) is 5.92. The Morgan fingerprint density at radius 3 is 2.72 bits per heavy atom. The molecule has 2 aromatic heterocycles. The molecule has 0 aliphatic carbocycles. The fourth-order valence-electron chi connectivity index (χ4n) is 2.30. The third-order valence-electron chi connectivity index (χ3n) is 3.53. The van der Waals surface area contributed by atoms with E-state index in [-0.39, 0.29) is 0 Å². The Morgan fingerprint density at radius 1 is 1.20 bits per heavy atom. The SMILES string of the molecule is COc1ccc(-c2csc(/C(C#N)=C/c3cccnc3)n2)cc1OC. The highest BCUT2D eigenvalue weighted by atomic mass is 32.1. The van der Waals surface area contributed by atoms with Crippen LogP contribution in [0, 0.1) is 11.3 Å². The minimum Gasteiger partial charge on any atom is -0.493 e. The number of thiazole rings is 1. The number of hydrogen-bond donors (Lipinski definition) is 0. The molecule has 25 heavy (non-hydrogen) atoms. The van der Waals surface area contributed by atoms with Crippen LogP contribution in [-0.2, 0) is 0 Å². The summed E-state index contributed by atoms with van der Waals surface area (Å²) in [5, 5.41) is 12.0. The molecule has 5 nitrogen and oxygen atoms in total. The zero-order valence-corrected chi connectivity index (χ0v) is 14.6. The number of allylic oxidation sites excluding steroid dienone is 1. The normalized spacial score (nSPS) is 11.0. The van der Waals surface area contributed by atoms with E-state index >= 15 is 0 Å². The monoisotopic (exact) mass is 349 g/mol. The van der Waals surface area contributed by atoms with Crippen molar-refractivity contribution < 1.29 is 9.47 Å². The van der Waals surface area contributed by atoms with Crippen LogP contribution in [0.4, 0.5) is 0 Å². The van der Waals surface area contributed by atoms with E-state index in [0.717, 1.165) is 16.8 Å². The first-order valence-corrected chi connectivity index (χ1v) is 8.33. The molecule has 0 saturated carbocycles. The predicted molar refractivity (Wildman–Crippen MR) is 98.4 cm³/mol. The number of hydrogen-bond acceptors (Lipinski definition) is 6. The maximum absolute atomic E-state index is 9.46. The lowest BCUT2D eigenvalue weighted by atomic mass is 10.1. The van der Waals surface area contributed by atoms with Crippen molar-refractivity contribution in [2.24, 2.45) is 0 Å². The molecule has 0 atom stereocenters. The van der Waals surface area contributed by atoms with Gasteiger partial charge in [-0.15, -0.1) is 11.3 Å². The number of nitrogens with zero attached hydrogens (tertiary/aromatic N) is 3. The van der Waals surface area contributed by atoms with Crippen molar-refractivity contribution in [3.8, 4) is 28.8 Å². The van der Waals surface area contributed by atoms with Crippen LogP contribution in [0.1, 0.15) is 10.6 Å². The molecule has 3 rings (SSSR count). The number of methoxy groups -OCH3 is 2. The smallest absolute Gasteiger partial charge is 0.161 e. The van der Waals surface area contributed by atoms with Crippen molar-refractivity contribution in [3.05, 3.63) is 58.7 Å². The Bertz CT molecular complexity index is 943. The first kappa shape index (κ1) is 16.7. The molecule has 0 amide bonds. The lowest BCUT2D eigenvalue weighted by Gasteiger charge is -2.08. The number of aromatic nitrogens is 2. The molecular weight excluding hydrogens is 334 g/mol. The lowest BCUT2D eigenvalue weighted by molar-refractivity contribution is 0.355. The summed E-state index contributed by atoms with van der Waals surface area (Å²) in [6.07, 6.45) is 5.19. The average Bonchev–Trinajstić information content (AvgIpc) is 3.16. The third kappa shape index (κ3) is 3.67. The number of nitriles is 1. The van der Waals surface area contributed by atoms with Gasteiger partial charge >= 0.3 is 0 Å². The molecule has 124 valence electrons. The van der Waals surface area contributed by atoms with Crippen molar-refractivity contribution in [3.63, 3.8) is 0 Å². The van der Waals surface area contributed by atoms with Gasteiger partial charge in [0, 0.05) is 23.3 Å². The Labute approximate surface area is 149 Å². The highest BCUT2D eigenvalue weighted by molar-refractivity contribution is 7.11. The summed E-state index contributed by atoms with van der Waals surface area (Å²) in [5.41, 5.74) is 3.05. The molecule has 6 heteroatoms. The molecule has 0 saturated heterocycles. The molecule has 0 spiro atoms. The van der Waals surface area contributed by atoms with Crippen LogP contribution in [0.5, 0.6) is 11.5 Å². The summed E-state index contributed by atoms with van der Waals surface area (Å²) in [6, 6.07) is 11.6. The van der Waals surface area contributed by atoms with Gasteiger partial charge in [0.1, 0.15) is 11.1 Å². The number of rotatable bonds is 5. The van der Waals surface area contributed by atoms with Gasteiger partial charge in [-0.05, 0) is 35.9 Å². The van der Waals surface area contributed by atoms with Crippen LogP contribution in [0.3, 0.4) is 0 Å². The highest BCUT2D eigenvalue weighted by Crippen LogP contribution is 2.33. The quantitative estimate of drug-likeness (QED) is 0.643. The molecule has 0 radical (unpaired) electrons. The summed E-state index contributed by atoms with van der Waals surface area (Å²) in [4.78, 5) is 8.65. The van der Waals surface area contributed by atoms with Gasteiger partial charge in [-0.2, -0.15) is 5.26 Å². The van der Waals surface area contributed by atoms with E-state index in [1.165, 1.54) is 11.3 Å². The lowest BCUT2D eigenvalue weighted by Crippen LogP contribution is -1.91. The minimum absolute atomic E-state index is 0.504. The second-order valence-electron chi connectivity index (χ2n) is 5.06. The molecule has 0 fully saturated rings. The van der Waals surface area contributed by atoms with E-state index in [4.69, 9.17) is 9.47 Å². The van der Waals surface area contributed by atoms with Crippen molar-refractivity contribution in [1.82, 2.24) is 9.97 Å². The van der Waals surface area contributed by atoms with Crippen molar-refractivity contribution in [2.45, 2.75) is 0 Å². The first-order valence-electron chi connectivity index (χ1n) is 7.45. The van der Waals surface area contributed by atoms with E-state index < -0.39 is 0 Å². The van der Waals surface area contributed by atoms with Crippen LogP contribution >= 0.6 is 11.3 Å². The highest BCUT2D eigenvalue weighted by Gasteiger charge is 2.11. The number of pyridine rings is 1. The summed E-state index contributed by atoms with van der Waals surface area (Å²) in [7, 11) is 3.19. The van der Waals surface area contributed by atoms with Gasteiger partial charge in [-0.1, -0.05) is 6.07 Å². The molecule has 2 heterocycles. The van der Waals surface area contributed by atoms with Crippen LogP contribution in [0.25, 0.3) is 22.9 Å². The van der Waals surface area contributed by atoms with Crippen LogP contribution in [0.15, 0.2) is 48.1 Å². The Kier molecular flexibility index (Phi) is 5.07. The van der Waals surface area contributed by atoms with Crippen LogP contribution in [-0.4, -0.2) is 24.2 Å². The minimum atomic E-state index is 0.504. The van der Waals surface area contributed by atoms with E-state index in [1.54, 1.807) is 32.7 Å². The fourth-order valence-corrected chi connectivity index (χ4v) is 3.09. The van der Waals surface area contributed by atoms with Gasteiger partial charge < -0.3 is 9.47 Å². The van der Waals surface area contributed by atoms with Gasteiger partial charge in [0.15, 0.2) is 11.5 Å². The summed E-state index contributed by atoms with van der Waals surface area (Å²) >= 11 is 1.43. The fraction of sp³-hybridized carbons (Fsp3) is 0.105. The zero-order chi connectivity index (χ0) is 17.6. The first-order chi connectivity index (χ1) is 12.2. The average molecular weight is 349 g/mol. The molecule has 1 aromatic carbocycles. The molecular formula is C19H15N3O2S. The van der Waals surface area contributed by atoms with Crippen molar-refractivity contribution in [1.29, 1.82) is 5.26 Å². The van der Waals surface area contributed by atoms with Gasteiger partial charge in [0.05, 0.1) is 25.5 Å². The number of ether oxygens (including phenoxy) is 2. The van der Waals surface area contributed by atoms with Gasteiger partial charge in [0.25, 0.3) is 0 Å². The van der Waals surface area contributed by atoms with Gasteiger partial charge in [0.2, 0.25) is 0 Å². The Balaban J connectivity index is 1.94. The largest absolute Gasteiger partial charge is 0.493 e. The molecule has 3 aromatic rings. The standard InChI is InChI=1S/C19H15N3O2S/c1-23-17-6-5-14(9-18(17)24-2)16-12-25-19(22-16)15(10-20)8-13-4-3-7-21-11-13/h3-9,11-12H,1-2H3/b15-8+. The third-order valence-corrected chi connectivity index (χ3v) is 4.41. The predicted octanol–water partition coefficient (Wildman–Crippen LogP) is 4.29. The summed E-state index contributed by atoms with van der Waals surface area (Å²) in [6.45, 7) is 0. The summed E-state index contributed by atoms with van der Waals surface area (Å²) < 4.78 is 10.6. The van der Waals surface area contributed by atoms with E-state index in [0.29, 0.717) is 22.1 Å². The Morgan fingerprint density at radius 2 is 2.04 bits per heavy atom. The topological polar surface area (TPSA) is 68.0 Å². The maximum Gasteiger partial charge on any atom is 0.161 e. The zero-order valence-electron chi connectivity index (χ0n) is 13.8. The van der Waals surface area contributed by atoms with Crippen molar-refractivity contribution in [2.75, 3.05) is 14.2 Å². The van der Waals surface area contributed by atoms with E-state index in [2.05, 4.69) is 16.0 Å². The Hall–Kier alpha value is -3.17. The van der Waals surface area contributed by atoms with E-state index in [1.807, 2.05) is 35.7 Å². The summed E-state index contributed by atoms with van der Waals surface area (Å²) in [5.74, 6) is 1.30.